The van der Waals surface area contributed by atoms with Crippen molar-refractivity contribution in [1.29, 1.82) is 0 Å². The predicted octanol–water partition coefficient (Wildman–Crippen LogP) is 9.23. The number of fused-ring (bicyclic) bond motifs is 2. The molecule has 0 saturated heterocycles. The number of ether oxygens (including phenoxy) is 2. The van der Waals surface area contributed by atoms with Gasteiger partial charge >= 0.3 is 11.9 Å². The number of nitrogens with zero attached hydrogens (tertiary/aromatic N) is 2. The van der Waals surface area contributed by atoms with E-state index in [1.165, 1.54) is 0 Å². The van der Waals surface area contributed by atoms with Gasteiger partial charge in [0.2, 0.25) is 11.3 Å². The van der Waals surface area contributed by atoms with Gasteiger partial charge in [0, 0.05) is 42.8 Å². The molecule has 50 heavy (non-hydrogen) atoms. The fourth-order valence-corrected chi connectivity index (χ4v) is 8.24. The Morgan fingerprint density at radius 1 is 0.820 bits per heavy atom. The average Bonchev–Trinajstić information content (AvgIpc) is 3.66. The maximum Gasteiger partial charge on any atom is 0.305 e. The van der Waals surface area contributed by atoms with Gasteiger partial charge in [-0.05, 0) is 62.8 Å². The second-order valence-electron chi connectivity index (χ2n) is 12.7. The molecule has 1 aliphatic carbocycles. The number of Topliss-reactive ketones (excluding diaryl/α,β-unsaturated/α-hetero) is 1. The van der Waals surface area contributed by atoms with E-state index in [-0.39, 0.29) is 23.5 Å². The van der Waals surface area contributed by atoms with Gasteiger partial charge < -0.3 is 19.5 Å². The third kappa shape index (κ3) is 9.66. The zero-order chi connectivity index (χ0) is 35.3. The molecule has 1 aliphatic heterocycles. The van der Waals surface area contributed by atoms with Crippen molar-refractivity contribution in [3.63, 3.8) is 0 Å². The lowest BCUT2D eigenvalue weighted by Gasteiger charge is -2.23. The van der Waals surface area contributed by atoms with Crippen LogP contribution in [-0.4, -0.2) is 42.6 Å². The van der Waals surface area contributed by atoms with Crippen molar-refractivity contribution in [2.45, 2.75) is 102 Å². The summed E-state index contributed by atoms with van der Waals surface area (Å²) in [5, 5.41) is 13.0. The fourth-order valence-electron chi connectivity index (χ4n) is 5.98. The van der Waals surface area contributed by atoms with Gasteiger partial charge in [-0.3, -0.25) is 14.4 Å². The van der Waals surface area contributed by atoms with Gasteiger partial charge in [-0.15, -0.1) is 0 Å². The highest BCUT2D eigenvalue weighted by Gasteiger charge is 2.36. The molecule has 0 radical (unpaired) electrons. The van der Waals surface area contributed by atoms with E-state index in [4.69, 9.17) is 9.47 Å². The number of para-hydroxylation sites is 2. The molecule has 2 aromatic carbocycles. The van der Waals surface area contributed by atoms with E-state index in [2.05, 4.69) is 47.6 Å². The number of hydrogen-bond acceptors (Lipinski definition) is 9. The molecule has 0 saturated carbocycles. The second kappa shape index (κ2) is 18.9. The van der Waals surface area contributed by atoms with Crippen molar-refractivity contribution in [1.82, 2.24) is 0 Å². The number of aromatic nitrogens is 1. The quantitative estimate of drug-likeness (QED) is 0.0535. The Hall–Kier alpha value is -3.89. The number of thiazole rings is 1. The minimum Gasteiger partial charge on any atom is -0.506 e. The molecule has 5 rings (SSSR count). The third-order valence-corrected chi connectivity index (χ3v) is 11.1. The SMILES string of the molecule is CCCCOC(=O)CCCCCN1C(=CC2=C(O)C(=Cc3sc4ccccc4[n+]3CCCCCC(=O)OCCCC)C2=O)Sc2ccccc21. The third-order valence-electron chi connectivity index (χ3n) is 8.86. The Bertz CT molecular complexity index is 1760. The minimum absolute atomic E-state index is 0.0196. The van der Waals surface area contributed by atoms with Crippen molar-refractivity contribution < 1.29 is 33.5 Å². The highest BCUT2D eigenvalue weighted by Crippen LogP contribution is 2.47. The van der Waals surface area contributed by atoms with Crippen LogP contribution in [0.4, 0.5) is 5.69 Å². The van der Waals surface area contributed by atoms with Gasteiger partial charge in [0.25, 0.3) is 5.01 Å². The molecule has 0 spiro atoms. The molecule has 1 aromatic heterocycles. The zero-order valence-electron chi connectivity index (χ0n) is 29.3. The number of anilines is 1. The lowest BCUT2D eigenvalue weighted by Crippen LogP contribution is -2.35. The summed E-state index contributed by atoms with van der Waals surface area (Å²) in [5.74, 6) is -0.410. The molecule has 0 amide bonds. The molecule has 3 aromatic rings. The number of esters is 2. The maximum atomic E-state index is 13.5. The maximum absolute atomic E-state index is 13.5. The first-order valence-corrected chi connectivity index (χ1v) is 19.7. The van der Waals surface area contributed by atoms with E-state index in [1.54, 1.807) is 23.1 Å². The number of benzene rings is 2. The number of hydrogen-bond donors (Lipinski definition) is 1. The Morgan fingerprint density at radius 3 is 2.18 bits per heavy atom. The summed E-state index contributed by atoms with van der Waals surface area (Å²) in [6.07, 6.45) is 13.4. The first kappa shape index (κ1) is 37.4. The van der Waals surface area contributed by atoms with Crippen LogP contribution in [0.15, 0.2) is 81.4 Å². The number of carbonyl (C=O) groups excluding carboxylic acids is 3. The second-order valence-corrected chi connectivity index (χ2v) is 14.8. The van der Waals surface area contributed by atoms with Crippen LogP contribution >= 0.6 is 23.1 Å². The van der Waals surface area contributed by atoms with Crippen LogP contribution in [0.3, 0.4) is 0 Å². The molecule has 266 valence electrons. The molecule has 0 unspecified atom stereocenters. The zero-order valence-corrected chi connectivity index (χ0v) is 30.9. The molecule has 0 fully saturated rings. The average molecular weight is 718 g/mol. The number of carbonyl (C=O) groups is 3. The molecule has 0 bridgehead atoms. The largest absolute Gasteiger partial charge is 0.506 e. The lowest BCUT2D eigenvalue weighted by atomic mass is 9.88. The number of aryl methyl sites for hydroxylation is 1. The number of allylic oxidation sites excluding steroid dienone is 3. The summed E-state index contributed by atoms with van der Waals surface area (Å²) in [6, 6.07) is 16.3. The van der Waals surface area contributed by atoms with Crippen molar-refractivity contribution in [3.05, 3.63) is 81.5 Å². The summed E-state index contributed by atoms with van der Waals surface area (Å²) in [5.41, 5.74) is 2.82. The molecule has 0 atom stereocenters. The molecule has 2 heterocycles. The number of ketones is 1. The first-order valence-electron chi connectivity index (χ1n) is 18.1. The van der Waals surface area contributed by atoms with Gasteiger partial charge in [0.1, 0.15) is 10.5 Å². The number of rotatable bonds is 20. The van der Waals surface area contributed by atoms with Crippen molar-refractivity contribution in [3.8, 4) is 0 Å². The molecule has 10 heteroatoms. The first-order chi connectivity index (χ1) is 24.4. The van der Waals surface area contributed by atoms with Crippen molar-refractivity contribution in [2.24, 2.45) is 0 Å². The van der Waals surface area contributed by atoms with Gasteiger partial charge in [0.15, 0.2) is 6.54 Å². The van der Waals surface area contributed by atoms with Crippen LogP contribution in [0.5, 0.6) is 0 Å². The summed E-state index contributed by atoms with van der Waals surface area (Å²) >= 11 is 3.20. The van der Waals surface area contributed by atoms with Crippen LogP contribution in [0.2, 0.25) is 0 Å². The molecule has 2 aliphatic rings. The summed E-state index contributed by atoms with van der Waals surface area (Å²) in [7, 11) is 0. The highest BCUT2D eigenvalue weighted by atomic mass is 32.2. The van der Waals surface area contributed by atoms with E-state index in [9.17, 15) is 19.5 Å². The fraction of sp³-hybridized carbons (Fsp3) is 0.450. The van der Waals surface area contributed by atoms with E-state index in [0.29, 0.717) is 37.2 Å². The van der Waals surface area contributed by atoms with Gasteiger partial charge in [-0.1, -0.05) is 80.5 Å². The van der Waals surface area contributed by atoms with Crippen LogP contribution in [0.1, 0.15) is 95.9 Å². The van der Waals surface area contributed by atoms with Crippen LogP contribution in [0.25, 0.3) is 16.3 Å². The highest BCUT2D eigenvalue weighted by molar-refractivity contribution is 8.03. The Labute approximate surface area is 303 Å². The number of aliphatic hydroxyl groups excluding tert-OH is 1. The van der Waals surface area contributed by atoms with Gasteiger partial charge in [-0.25, -0.2) is 0 Å². The summed E-state index contributed by atoms with van der Waals surface area (Å²) in [4.78, 5) is 40.8. The lowest BCUT2D eigenvalue weighted by molar-refractivity contribution is -0.669. The normalized spacial score (nSPS) is 15.6. The van der Waals surface area contributed by atoms with Gasteiger partial charge in [0.05, 0.1) is 35.1 Å². The van der Waals surface area contributed by atoms with Gasteiger partial charge in [-0.2, -0.15) is 4.57 Å². The predicted molar refractivity (Wildman–Crippen MR) is 201 cm³/mol. The van der Waals surface area contributed by atoms with Crippen molar-refractivity contribution in [2.75, 3.05) is 24.7 Å². The van der Waals surface area contributed by atoms with E-state index < -0.39 is 0 Å². The molecular formula is C40H49N2O6S2+. The molecular weight excluding hydrogens is 669 g/mol. The minimum atomic E-state index is -0.168. The number of thioether (sulfide) groups is 1. The summed E-state index contributed by atoms with van der Waals surface area (Å²) in [6.45, 7) is 6.62. The molecule has 1 N–H and O–H groups in total. The van der Waals surface area contributed by atoms with E-state index in [1.807, 2.05) is 36.4 Å². The monoisotopic (exact) mass is 717 g/mol. The smallest absolute Gasteiger partial charge is 0.305 e. The Morgan fingerprint density at radius 2 is 1.48 bits per heavy atom. The van der Waals surface area contributed by atoms with Crippen LogP contribution in [0, 0.1) is 0 Å². The van der Waals surface area contributed by atoms with E-state index >= 15 is 0 Å². The standard InChI is InChI=1S/C40H48N2O6S2/c1-3-5-25-47-37(43)21-9-7-15-23-41-31-17-11-13-19-33(31)49-35(41)27-29-39(45)30(40(29)46)28-36-42(32-18-12-14-20-34(32)50-36)24-16-8-10-22-38(44)48-26-6-4-2/h11-14,17-20,27-28H,3-10,15-16,21-26H2,1-2H3/p+1. The number of unbranched alkanes of at least 4 members (excludes halogenated alkanes) is 6. The molecule has 8 nitrogen and oxygen atoms in total. The number of aliphatic hydroxyl groups is 1. The Balaban J connectivity index is 1.24. The topological polar surface area (TPSA) is 97.0 Å². The van der Waals surface area contributed by atoms with E-state index in [0.717, 1.165) is 108 Å². The van der Waals surface area contributed by atoms with Crippen LogP contribution in [-0.2, 0) is 30.4 Å². The Kier molecular flexibility index (Phi) is 14.1. The summed E-state index contributed by atoms with van der Waals surface area (Å²) < 4.78 is 13.9. The van der Waals surface area contributed by atoms with Crippen molar-refractivity contribution >= 4 is 62.8 Å². The van der Waals surface area contributed by atoms with Crippen LogP contribution < -0.4 is 9.47 Å².